The normalized spacial score (nSPS) is 26.1. The van der Waals surface area contributed by atoms with Gasteiger partial charge in [-0.1, -0.05) is 6.07 Å². The molecule has 1 aliphatic heterocycles. The van der Waals surface area contributed by atoms with E-state index in [1.165, 1.54) is 18.2 Å². The summed E-state index contributed by atoms with van der Waals surface area (Å²) in [6.45, 7) is 2.37. The molecule has 0 radical (unpaired) electrons. The molecule has 1 N–H and O–H groups in total. The Morgan fingerprint density at radius 2 is 2.06 bits per heavy atom. The van der Waals surface area contributed by atoms with Crippen LogP contribution in [0, 0.1) is 11.6 Å². The van der Waals surface area contributed by atoms with Gasteiger partial charge in [-0.2, -0.15) is 0 Å². The van der Waals surface area contributed by atoms with Crippen molar-refractivity contribution >= 4 is 0 Å². The first-order chi connectivity index (χ1) is 8.03. The summed E-state index contributed by atoms with van der Waals surface area (Å²) in [7, 11) is 0. The molecule has 1 aliphatic rings. The molecular formula is C13H16F2O2. The van der Waals surface area contributed by atoms with Crippen molar-refractivity contribution in [1.29, 1.82) is 0 Å². The molecule has 2 unspecified atom stereocenters. The van der Waals surface area contributed by atoms with Crippen LogP contribution in [-0.2, 0) is 11.2 Å². The number of aliphatic hydroxyl groups excluding tert-OH is 1. The Bertz CT molecular complexity index is 380. The third-order valence-corrected chi connectivity index (χ3v) is 3.41. The van der Waals surface area contributed by atoms with Gasteiger partial charge in [0.05, 0.1) is 11.7 Å². The zero-order valence-electron chi connectivity index (χ0n) is 9.75. The Morgan fingerprint density at radius 3 is 2.59 bits per heavy atom. The van der Waals surface area contributed by atoms with Gasteiger partial charge in [-0.3, -0.25) is 0 Å². The fourth-order valence-corrected chi connectivity index (χ4v) is 2.20. The van der Waals surface area contributed by atoms with Gasteiger partial charge in [-0.05, 0) is 31.9 Å². The van der Waals surface area contributed by atoms with Gasteiger partial charge in [0.15, 0.2) is 0 Å². The van der Waals surface area contributed by atoms with Gasteiger partial charge in [0, 0.05) is 18.6 Å². The first kappa shape index (κ1) is 12.5. The standard InChI is InChI=1S/C13H16F2O2/c1-13(6-3-7-17-13)12(16)8-9-10(14)4-2-5-11(9)15/h2,4-5,12,16H,3,6-8H2,1H3. The topological polar surface area (TPSA) is 29.5 Å². The van der Waals surface area contributed by atoms with Crippen LogP contribution >= 0.6 is 0 Å². The van der Waals surface area contributed by atoms with Crippen LogP contribution in [0.3, 0.4) is 0 Å². The molecule has 0 aromatic heterocycles. The van der Waals surface area contributed by atoms with Crippen LogP contribution in [0.2, 0.25) is 0 Å². The van der Waals surface area contributed by atoms with Crippen molar-refractivity contribution in [3.8, 4) is 0 Å². The van der Waals surface area contributed by atoms with E-state index >= 15 is 0 Å². The number of hydrogen-bond donors (Lipinski definition) is 1. The summed E-state index contributed by atoms with van der Waals surface area (Å²) >= 11 is 0. The highest BCUT2D eigenvalue weighted by Crippen LogP contribution is 2.31. The van der Waals surface area contributed by atoms with Crippen LogP contribution in [-0.4, -0.2) is 23.4 Å². The van der Waals surface area contributed by atoms with Crippen molar-refractivity contribution in [2.45, 2.75) is 37.9 Å². The quantitative estimate of drug-likeness (QED) is 0.882. The van der Waals surface area contributed by atoms with E-state index in [4.69, 9.17) is 4.74 Å². The van der Waals surface area contributed by atoms with Gasteiger partial charge in [0.1, 0.15) is 11.6 Å². The molecular weight excluding hydrogens is 226 g/mol. The van der Waals surface area contributed by atoms with E-state index in [1.54, 1.807) is 6.92 Å². The zero-order valence-corrected chi connectivity index (χ0v) is 9.75. The molecule has 0 bridgehead atoms. The van der Waals surface area contributed by atoms with Crippen molar-refractivity contribution < 1.29 is 18.6 Å². The van der Waals surface area contributed by atoms with Gasteiger partial charge in [-0.25, -0.2) is 8.78 Å². The highest BCUT2D eigenvalue weighted by molar-refractivity contribution is 5.21. The highest BCUT2D eigenvalue weighted by Gasteiger charge is 2.38. The largest absolute Gasteiger partial charge is 0.390 e. The van der Waals surface area contributed by atoms with Crippen molar-refractivity contribution in [3.63, 3.8) is 0 Å². The lowest BCUT2D eigenvalue weighted by molar-refractivity contribution is -0.0772. The molecule has 0 amide bonds. The monoisotopic (exact) mass is 242 g/mol. The van der Waals surface area contributed by atoms with Gasteiger partial charge < -0.3 is 9.84 Å². The molecule has 2 atom stereocenters. The van der Waals surface area contributed by atoms with E-state index in [9.17, 15) is 13.9 Å². The lowest BCUT2D eigenvalue weighted by Crippen LogP contribution is -2.40. The Hall–Kier alpha value is -1.00. The molecule has 1 heterocycles. The Labute approximate surface area is 99.2 Å². The summed E-state index contributed by atoms with van der Waals surface area (Å²) in [5.41, 5.74) is -0.758. The average Bonchev–Trinajstić information content (AvgIpc) is 2.72. The minimum absolute atomic E-state index is 0.0605. The molecule has 94 valence electrons. The predicted molar refractivity (Wildman–Crippen MR) is 59.7 cm³/mol. The molecule has 1 aromatic rings. The van der Waals surface area contributed by atoms with Crippen molar-refractivity contribution in [2.75, 3.05) is 6.61 Å². The third-order valence-electron chi connectivity index (χ3n) is 3.41. The number of ether oxygens (including phenoxy) is 1. The van der Waals surface area contributed by atoms with E-state index in [-0.39, 0.29) is 12.0 Å². The molecule has 0 aliphatic carbocycles. The third kappa shape index (κ3) is 2.48. The molecule has 2 nitrogen and oxygen atoms in total. The van der Waals surface area contributed by atoms with E-state index in [2.05, 4.69) is 0 Å². The first-order valence-electron chi connectivity index (χ1n) is 5.78. The maximum atomic E-state index is 13.4. The van der Waals surface area contributed by atoms with Crippen molar-refractivity contribution in [2.24, 2.45) is 0 Å². The molecule has 1 aromatic carbocycles. The number of rotatable bonds is 3. The van der Waals surface area contributed by atoms with Crippen LogP contribution in [0.25, 0.3) is 0 Å². The van der Waals surface area contributed by atoms with Crippen molar-refractivity contribution in [3.05, 3.63) is 35.4 Å². The lowest BCUT2D eigenvalue weighted by Gasteiger charge is -2.29. The summed E-state index contributed by atoms with van der Waals surface area (Å²) in [5, 5.41) is 10.1. The van der Waals surface area contributed by atoms with E-state index < -0.39 is 23.3 Å². The van der Waals surface area contributed by atoms with Crippen LogP contribution in [0.4, 0.5) is 8.78 Å². The molecule has 4 heteroatoms. The molecule has 0 saturated carbocycles. The summed E-state index contributed by atoms with van der Waals surface area (Å²) < 4.78 is 32.3. The number of aliphatic hydroxyl groups is 1. The molecule has 1 saturated heterocycles. The van der Waals surface area contributed by atoms with Crippen LogP contribution in [0.1, 0.15) is 25.3 Å². The Balaban J connectivity index is 2.15. The van der Waals surface area contributed by atoms with E-state index in [1.807, 2.05) is 0 Å². The minimum Gasteiger partial charge on any atom is -0.390 e. The van der Waals surface area contributed by atoms with Gasteiger partial charge in [0.2, 0.25) is 0 Å². The van der Waals surface area contributed by atoms with Gasteiger partial charge in [0.25, 0.3) is 0 Å². The first-order valence-corrected chi connectivity index (χ1v) is 5.78. The maximum Gasteiger partial charge on any atom is 0.129 e. The van der Waals surface area contributed by atoms with Crippen LogP contribution in [0.15, 0.2) is 18.2 Å². The average molecular weight is 242 g/mol. The van der Waals surface area contributed by atoms with Gasteiger partial charge in [-0.15, -0.1) is 0 Å². The molecule has 2 rings (SSSR count). The molecule has 0 spiro atoms. The highest BCUT2D eigenvalue weighted by atomic mass is 19.1. The minimum atomic E-state index is -0.892. The number of benzene rings is 1. The second-order valence-electron chi connectivity index (χ2n) is 4.68. The summed E-state index contributed by atoms with van der Waals surface area (Å²) in [5.74, 6) is -1.24. The van der Waals surface area contributed by atoms with E-state index in [0.29, 0.717) is 13.0 Å². The molecule has 17 heavy (non-hydrogen) atoms. The lowest BCUT2D eigenvalue weighted by atomic mass is 9.90. The smallest absolute Gasteiger partial charge is 0.129 e. The SMILES string of the molecule is CC1(C(O)Cc2c(F)cccc2F)CCCO1. The fraction of sp³-hybridized carbons (Fsp3) is 0.538. The maximum absolute atomic E-state index is 13.4. The zero-order chi connectivity index (χ0) is 12.5. The van der Waals surface area contributed by atoms with Gasteiger partial charge >= 0.3 is 0 Å². The number of hydrogen-bond acceptors (Lipinski definition) is 2. The Kier molecular flexibility index (Phi) is 3.45. The fourth-order valence-electron chi connectivity index (χ4n) is 2.20. The number of halogens is 2. The second-order valence-corrected chi connectivity index (χ2v) is 4.68. The van der Waals surface area contributed by atoms with Crippen molar-refractivity contribution in [1.82, 2.24) is 0 Å². The summed E-state index contributed by atoms with van der Waals surface area (Å²) in [4.78, 5) is 0. The van der Waals surface area contributed by atoms with Crippen LogP contribution < -0.4 is 0 Å². The van der Waals surface area contributed by atoms with E-state index in [0.717, 1.165) is 6.42 Å². The van der Waals surface area contributed by atoms with Crippen LogP contribution in [0.5, 0.6) is 0 Å². The second kappa shape index (κ2) is 4.70. The predicted octanol–water partition coefficient (Wildman–Crippen LogP) is 2.44. The summed E-state index contributed by atoms with van der Waals surface area (Å²) in [6, 6.07) is 3.71. The Morgan fingerprint density at radius 1 is 1.41 bits per heavy atom. The summed E-state index contributed by atoms with van der Waals surface area (Å²) in [6.07, 6.45) is 0.628. The molecule has 1 fully saturated rings.